The molecule has 2 aromatic heterocycles. The van der Waals surface area contributed by atoms with E-state index in [-0.39, 0.29) is 5.91 Å². The smallest absolute Gasteiger partial charge is 0.260 e. The monoisotopic (exact) mass is 391 g/mol. The first-order chi connectivity index (χ1) is 14.2. The fraction of sp³-hybridized carbons (Fsp3) is 0.391. The van der Waals surface area contributed by atoms with Crippen LogP contribution in [0.1, 0.15) is 59.1 Å². The second-order valence-electron chi connectivity index (χ2n) is 7.93. The highest BCUT2D eigenvalue weighted by atomic mass is 16.5. The lowest BCUT2D eigenvalue weighted by Gasteiger charge is -2.19. The zero-order valence-corrected chi connectivity index (χ0v) is 16.6. The Bertz CT molecular complexity index is 1050. The summed E-state index contributed by atoms with van der Waals surface area (Å²) >= 11 is 0. The number of benzene rings is 1. The second-order valence-corrected chi connectivity index (χ2v) is 7.93. The number of ether oxygens (including phenoxy) is 2. The van der Waals surface area contributed by atoms with Gasteiger partial charge in [0.1, 0.15) is 11.4 Å². The van der Waals surface area contributed by atoms with Crippen LogP contribution in [-0.2, 0) is 4.74 Å². The summed E-state index contributed by atoms with van der Waals surface area (Å²) in [6.07, 6.45) is 8.26. The number of aromatic nitrogens is 2. The van der Waals surface area contributed by atoms with Gasteiger partial charge in [-0.15, -0.1) is 0 Å². The highest BCUT2D eigenvalue weighted by molar-refractivity contribution is 6.06. The number of nitrogens with zero attached hydrogens (tertiary/aromatic N) is 2. The summed E-state index contributed by atoms with van der Waals surface area (Å²) < 4.78 is 12.9. The van der Waals surface area contributed by atoms with E-state index in [0.717, 1.165) is 43.1 Å². The predicted molar refractivity (Wildman–Crippen MR) is 111 cm³/mol. The molecule has 1 aliphatic heterocycles. The van der Waals surface area contributed by atoms with Crippen molar-refractivity contribution in [3.8, 4) is 5.75 Å². The van der Waals surface area contributed by atoms with Crippen molar-refractivity contribution in [2.75, 3.05) is 25.6 Å². The molecule has 3 heterocycles. The molecule has 1 amide bonds. The van der Waals surface area contributed by atoms with Gasteiger partial charge in [0.05, 0.1) is 18.4 Å². The molecule has 6 heteroatoms. The van der Waals surface area contributed by atoms with E-state index in [0.29, 0.717) is 23.1 Å². The molecule has 0 bridgehead atoms. The van der Waals surface area contributed by atoms with Crippen LogP contribution in [0.4, 0.5) is 5.69 Å². The van der Waals surface area contributed by atoms with Gasteiger partial charge in [0.25, 0.3) is 5.91 Å². The predicted octanol–water partition coefficient (Wildman–Crippen LogP) is 4.37. The topological polar surface area (TPSA) is 64.9 Å². The summed E-state index contributed by atoms with van der Waals surface area (Å²) in [6.45, 7) is 1.55. The Morgan fingerprint density at radius 2 is 1.97 bits per heavy atom. The van der Waals surface area contributed by atoms with Crippen LogP contribution in [0, 0.1) is 0 Å². The molecule has 2 fully saturated rings. The Morgan fingerprint density at radius 1 is 1.14 bits per heavy atom. The van der Waals surface area contributed by atoms with Gasteiger partial charge in [0.2, 0.25) is 0 Å². The van der Waals surface area contributed by atoms with Crippen LogP contribution in [0.25, 0.3) is 5.65 Å². The minimum atomic E-state index is -0.182. The van der Waals surface area contributed by atoms with Crippen molar-refractivity contribution in [2.45, 2.75) is 37.5 Å². The molecule has 1 N–H and O–H groups in total. The standard InChI is InChI=1S/C23H25N3O3/c1-28-21-12-22-25-20(16-7-9-29-10-8-16)14-26(22)13-19(21)23(27)24-18-4-2-3-17(11-18)15-5-6-15/h2-4,11-16H,5-10H2,1H3,(H,24,27). The molecule has 1 saturated heterocycles. The van der Waals surface area contributed by atoms with Crippen molar-refractivity contribution in [1.29, 1.82) is 0 Å². The number of pyridine rings is 1. The Kier molecular flexibility index (Phi) is 4.72. The van der Waals surface area contributed by atoms with Crippen LogP contribution >= 0.6 is 0 Å². The first-order valence-corrected chi connectivity index (χ1v) is 10.3. The number of hydrogen-bond donors (Lipinski definition) is 1. The van der Waals surface area contributed by atoms with E-state index in [1.807, 2.05) is 35.0 Å². The zero-order chi connectivity index (χ0) is 19.8. The van der Waals surface area contributed by atoms with Gasteiger partial charge in [-0.1, -0.05) is 12.1 Å². The third kappa shape index (κ3) is 3.72. The van der Waals surface area contributed by atoms with Crippen LogP contribution in [0.3, 0.4) is 0 Å². The molecule has 0 radical (unpaired) electrons. The Labute approximate surface area is 169 Å². The molecule has 2 aliphatic rings. The van der Waals surface area contributed by atoms with Crippen molar-refractivity contribution in [3.63, 3.8) is 0 Å². The number of carbonyl (C=O) groups is 1. The number of imidazole rings is 1. The van der Waals surface area contributed by atoms with E-state index in [2.05, 4.69) is 17.4 Å². The minimum absolute atomic E-state index is 0.182. The van der Waals surface area contributed by atoms with Crippen LogP contribution in [-0.4, -0.2) is 35.6 Å². The fourth-order valence-electron chi connectivity index (χ4n) is 4.05. The van der Waals surface area contributed by atoms with Gasteiger partial charge in [-0.2, -0.15) is 0 Å². The maximum Gasteiger partial charge on any atom is 0.260 e. The molecule has 0 atom stereocenters. The minimum Gasteiger partial charge on any atom is -0.496 e. The van der Waals surface area contributed by atoms with Gasteiger partial charge in [0, 0.05) is 43.3 Å². The first kappa shape index (κ1) is 18.2. The van der Waals surface area contributed by atoms with Crippen LogP contribution in [0.15, 0.2) is 42.7 Å². The Hall–Kier alpha value is -2.86. The number of rotatable bonds is 5. The lowest BCUT2D eigenvalue weighted by Crippen LogP contribution is -2.14. The molecule has 3 aromatic rings. The molecule has 150 valence electrons. The molecule has 5 rings (SSSR count). The van der Waals surface area contributed by atoms with Gasteiger partial charge < -0.3 is 19.2 Å². The van der Waals surface area contributed by atoms with E-state index in [9.17, 15) is 4.79 Å². The molecule has 1 aromatic carbocycles. The van der Waals surface area contributed by atoms with Crippen LogP contribution in [0.5, 0.6) is 5.75 Å². The summed E-state index contributed by atoms with van der Waals surface area (Å²) in [5.74, 6) is 1.39. The third-order valence-electron chi connectivity index (χ3n) is 5.87. The quantitative estimate of drug-likeness (QED) is 0.702. The van der Waals surface area contributed by atoms with Crippen molar-refractivity contribution in [1.82, 2.24) is 9.38 Å². The molecule has 1 saturated carbocycles. The van der Waals surface area contributed by atoms with Gasteiger partial charge in [0.15, 0.2) is 0 Å². The summed E-state index contributed by atoms with van der Waals surface area (Å²) in [5.41, 5.74) is 4.43. The maximum absolute atomic E-state index is 13.0. The Balaban J connectivity index is 1.43. The molecule has 0 unspecified atom stereocenters. The summed E-state index contributed by atoms with van der Waals surface area (Å²) in [4.78, 5) is 17.8. The van der Waals surface area contributed by atoms with Crippen molar-refractivity contribution < 1.29 is 14.3 Å². The van der Waals surface area contributed by atoms with E-state index in [1.165, 1.54) is 18.4 Å². The van der Waals surface area contributed by atoms with E-state index in [4.69, 9.17) is 14.5 Å². The molecule has 0 spiro atoms. The lowest BCUT2D eigenvalue weighted by molar-refractivity contribution is 0.0846. The van der Waals surface area contributed by atoms with Crippen LogP contribution < -0.4 is 10.1 Å². The number of carbonyl (C=O) groups excluding carboxylic acids is 1. The molecular formula is C23H25N3O3. The van der Waals surface area contributed by atoms with E-state index < -0.39 is 0 Å². The molecular weight excluding hydrogens is 366 g/mol. The SMILES string of the molecule is COc1cc2nc(C3CCOCC3)cn2cc1C(=O)Nc1cccc(C2CC2)c1. The van der Waals surface area contributed by atoms with E-state index in [1.54, 1.807) is 7.11 Å². The van der Waals surface area contributed by atoms with Crippen molar-refractivity contribution in [3.05, 3.63) is 59.5 Å². The van der Waals surface area contributed by atoms with Gasteiger partial charge in [-0.25, -0.2) is 4.98 Å². The number of amides is 1. The Morgan fingerprint density at radius 3 is 2.72 bits per heavy atom. The number of fused-ring (bicyclic) bond motifs is 1. The summed E-state index contributed by atoms with van der Waals surface area (Å²) in [5, 5.41) is 3.02. The number of methoxy groups -OCH3 is 1. The van der Waals surface area contributed by atoms with Crippen molar-refractivity contribution in [2.24, 2.45) is 0 Å². The zero-order valence-electron chi connectivity index (χ0n) is 16.6. The second kappa shape index (κ2) is 7.52. The molecule has 1 aliphatic carbocycles. The largest absolute Gasteiger partial charge is 0.496 e. The highest BCUT2D eigenvalue weighted by Crippen LogP contribution is 2.40. The number of nitrogens with one attached hydrogen (secondary N) is 1. The van der Waals surface area contributed by atoms with Gasteiger partial charge in [-0.3, -0.25) is 4.79 Å². The summed E-state index contributed by atoms with van der Waals surface area (Å²) in [7, 11) is 1.58. The first-order valence-electron chi connectivity index (χ1n) is 10.3. The lowest BCUT2D eigenvalue weighted by atomic mass is 9.97. The van der Waals surface area contributed by atoms with Gasteiger partial charge >= 0.3 is 0 Å². The molecule has 29 heavy (non-hydrogen) atoms. The number of hydrogen-bond acceptors (Lipinski definition) is 4. The van der Waals surface area contributed by atoms with Crippen molar-refractivity contribution >= 4 is 17.2 Å². The third-order valence-corrected chi connectivity index (χ3v) is 5.87. The average Bonchev–Trinajstić information content (AvgIpc) is 3.52. The highest BCUT2D eigenvalue weighted by Gasteiger charge is 2.24. The normalized spacial score (nSPS) is 17.4. The summed E-state index contributed by atoms with van der Waals surface area (Å²) in [6, 6.07) is 9.96. The molecule has 6 nitrogen and oxygen atoms in total. The average molecular weight is 391 g/mol. The van der Waals surface area contributed by atoms with E-state index >= 15 is 0 Å². The number of anilines is 1. The maximum atomic E-state index is 13.0. The van der Waals surface area contributed by atoms with Gasteiger partial charge in [-0.05, 0) is 49.3 Å². The van der Waals surface area contributed by atoms with Crippen LogP contribution in [0.2, 0.25) is 0 Å². The fourth-order valence-corrected chi connectivity index (χ4v) is 4.05.